The van der Waals surface area contributed by atoms with Crippen molar-refractivity contribution in [2.24, 2.45) is 168 Å². The van der Waals surface area contributed by atoms with Crippen LogP contribution in [0, 0.1) is 168 Å². The molecule has 15 aliphatic carbocycles. The van der Waals surface area contributed by atoms with Crippen molar-refractivity contribution in [3.05, 3.63) is 0 Å². The Morgan fingerprint density at radius 2 is 0.536 bits per heavy atom. The summed E-state index contributed by atoms with van der Waals surface area (Å²) >= 11 is 0. The van der Waals surface area contributed by atoms with Crippen molar-refractivity contribution in [2.45, 2.75) is 379 Å². The summed E-state index contributed by atoms with van der Waals surface area (Å²) in [6.45, 7) is 58.7. The minimum absolute atomic E-state index is 0. The molecule has 0 unspecified atom stereocenters. The van der Waals surface area contributed by atoms with E-state index in [1.807, 2.05) is 0 Å². The molecule has 15 aliphatic rings. The van der Waals surface area contributed by atoms with Crippen LogP contribution in [0.15, 0.2) is 0 Å². The Balaban J connectivity index is 0.000000138. The van der Waals surface area contributed by atoms with Gasteiger partial charge in [0, 0.05) is 37.0 Å². The van der Waals surface area contributed by atoms with E-state index in [0.29, 0.717) is 94.7 Å². The van der Waals surface area contributed by atoms with Crippen LogP contribution in [0.1, 0.15) is 379 Å². The molecule has 552 valence electrons. The lowest BCUT2D eigenvalue weighted by atomic mass is 9.30. The molecule has 0 N–H and O–H groups in total. The van der Waals surface area contributed by atoms with Crippen LogP contribution >= 0.6 is 0 Å². The van der Waals surface area contributed by atoms with Crippen LogP contribution in [0.5, 0.6) is 0 Å². The van der Waals surface area contributed by atoms with Gasteiger partial charge in [-0.1, -0.05) is 167 Å². The normalized spacial score (nSPS) is 56.4. The van der Waals surface area contributed by atoms with Crippen LogP contribution in [-0.4, -0.2) is 30.4 Å². The molecular weight excluding hydrogens is 1190 g/mol. The van der Waals surface area contributed by atoms with E-state index in [2.05, 4.69) is 159 Å². The summed E-state index contributed by atoms with van der Waals surface area (Å²) in [6, 6.07) is 0. The van der Waals surface area contributed by atoms with E-state index in [9.17, 15) is 19.2 Å². The zero-order chi connectivity index (χ0) is 70.3. The third-order valence-electron chi connectivity index (χ3n) is 41.3. The molecule has 0 aliphatic heterocycles. The van der Waals surface area contributed by atoms with Crippen molar-refractivity contribution >= 4 is 23.3 Å². The molecule has 0 bridgehead atoms. The molecule has 0 spiro atoms. The van der Waals surface area contributed by atoms with Crippen molar-refractivity contribution in [1.29, 1.82) is 0 Å². The van der Waals surface area contributed by atoms with Crippen molar-refractivity contribution in [3.8, 4) is 0 Å². The lowest BCUT2D eigenvalue weighted by molar-refractivity contribution is -0.259. The van der Waals surface area contributed by atoms with Crippen LogP contribution in [-0.2, 0) is 23.9 Å². The van der Waals surface area contributed by atoms with Crippen molar-refractivity contribution in [1.82, 2.24) is 0 Å². The summed E-state index contributed by atoms with van der Waals surface area (Å²) in [5.74, 6) is 9.03. The van der Waals surface area contributed by atoms with Gasteiger partial charge in [-0.2, -0.15) is 0 Å². The lowest BCUT2D eigenvalue weighted by Crippen LogP contribution is -2.69. The zero-order valence-electron chi connectivity index (χ0n) is 67.3. The topological polar surface area (TPSA) is 77.5 Å². The van der Waals surface area contributed by atoms with E-state index in [4.69, 9.17) is 4.74 Å². The molecule has 15 saturated carbocycles. The molecule has 97 heavy (non-hydrogen) atoms. The van der Waals surface area contributed by atoms with Gasteiger partial charge in [-0.15, -0.1) is 0 Å². The number of fused-ring (bicyclic) bond motifs is 21. The molecular formula is C92H154O5. The predicted molar refractivity (Wildman–Crippen MR) is 402 cm³/mol. The number of rotatable bonds is 1. The molecule has 5 heteroatoms. The van der Waals surface area contributed by atoms with Gasteiger partial charge in [0.15, 0.2) is 0 Å². The summed E-state index contributed by atoms with van der Waals surface area (Å²) in [6.07, 6.45) is 41.5. The van der Waals surface area contributed by atoms with Gasteiger partial charge in [0.2, 0.25) is 0 Å². The number of ketones is 3. The maximum absolute atomic E-state index is 13.4. The average Bonchev–Trinajstić information content (AvgIpc) is 0.685. The number of hydrogen-bond donors (Lipinski definition) is 0. The molecule has 15 rings (SSSR count). The smallest absolute Gasteiger partial charge is 0.312 e. The Morgan fingerprint density at radius 3 is 0.856 bits per heavy atom. The number of methoxy groups -OCH3 is 1. The van der Waals surface area contributed by atoms with Crippen LogP contribution in [0.2, 0.25) is 0 Å². The van der Waals surface area contributed by atoms with Gasteiger partial charge < -0.3 is 4.74 Å². The molecule has 5 nitrogen and oxygen atoms in total. The number of ether oxygens (including phenoxy) is 1. The maximum Gasteiger partial charge on any atom is 0.312 e. The van der Waals surface area contributed by atoms with E-state index in [-0.39, 0.29) is 69.1 Å². The number of esters is 1. The summed E-state index contributed by atoms with van der Waals surface area (Å²) in [7, 11) is 1.61. The van der Waals surface area contributed by atoms with Crippen LogP contribution in [0.25, 0.3) is 0 Å². The first kappa shape index (κ1) is 75.2. The molecule has 0 radical (unpaired) electrons. The van der Waals surface area contributed by atoms with Gasteiger partial charge in [-0.25, -0.2) is 0 Å². The Bertz CT molecular complexity index is 2960. The third-order valence-corrected chi connectivity index (χ3v) is 41.3. The van der Waals surface area contributed by atoms with E-state index in [1.54, 1.807) is 7.11 Å². The minimum atomic E-state index is -0.290. The van der Waals surface area contributed by atoms with E-state index in [0.717, 1.165) is 106 Å². The molecule has 27 atom stereocenters. The molecule has 0 saturated heterocycles. The fraction of sp³-hybridized carbons (Fsp3) is 0.957. The molecule has 0 amide bonds. The Kier molecular flexibility index (Phi) is 18.0. The van der Waals surface area contributed by atoms with E-state index < -0.39 is 0 Å². The third kappa shape index (κ3) is 10.1. The predicted octanol–water partition coefficient (Wildman–Crippen LogP) is 25.2. The quantitative estimate of drug-likeness (QED) is 0.245. The Hall–Kier alpha value is -1.52. The van der Waals surface area contributed by atoms with Gasteiger partial charge in [-0.05, 0) is 338 Å². The van der Waals surface area contributed by atoms with Gasteiger partial charge in [0.1, 0.15) is 17.3 Å². The minimum Gasteiger partial charge on any atom is -0.469 e. The zero-order valence-corrected chi connectivity index (χ0v) is 67.3. The number of Topliss-reactive ketones (excluding diaryl/α,β-unsaturated/α-hetero) is 3. The maximum atomic E-state index is 13.4. The Morgan fingerprint density at radius 1 is 0.289 bits per heavy atom. The molecule has 0 heterocycles. The van der Waals surface area contributed by atoms with Gasteiger partial charge in [-0.3, -0.25) is 19.2 Å². The SMILES string of the molecule is C.COC(=O)[C@]12CCC(C)(C)C[C@H]1[C@]1(C)CC[C@@]3(C)[C@@H]4CCC(=O)[C@H](C)[C@@]4(C)CC[C@@H]3[C@]1(C)CC2.C[C@H]1C(=O)CC[C@@H]2[C@]1(C)CC[C@H]1[C@@]2(C)CC[C@@]2(C)[C@@H]3CC(C)(C)CC[C@]3(C)CC[C@@]12C.C[C@H]1C(=O)CC[C@@H]2[C@]1(C)CC[C@H]1[C@@]2(C)CC[C@@]2(C)[C@@H]3CC(C)(C)CC[C@]3(C)CC[C@@]12C. The van der Waals surface area contributed by atoms with Crippen LogP contribution in [0.3, 0.4) is 0 Å². The second-order valence-corrected chi connectivity index (χ2v) is 45.9. The summed E-state index contributed by atoms with van der Waals surface area (Å²) < 4.78 is 5.54. The number of carbonyl (C=O) groups is 4. The van der Waals surface area contributed by atoms with Gasteiger partial charge in [0.25, 0.3) is 0 Å². The first-order chi connectivity index (χ1) is 44.1. The summed E-state index contributed by atoms with van der Waals surface area (Å²) in [5, 5.41) is 0. The standard InChI is InChI=1S/C31H50O3.2C30H50O.CH4/c1-20-21(32)9-10-22-27(20,4)12-11-23-28(22,5)14-15-30(7)24-19-26(2,3)13-17-31(24,25(33)34-8)18-16-29(23,30)6;2*1-20-21(31)9-10-22-27(20,5)12-11-23-28(22,6)16-18-30(8)24-19-25(2,3)13-14-26(24,4)15-17-29(23,30)7;/h20,22-24H,9-19H2,1-8H3;2*20,22-24H,9-19H2,1-8H3;1H4/t20-,22+,23-,24-,27+,28-,29-,30-,31-;2*20-,22+,23-,24+,26+,27+,28-,29-,30-;/m000./s1. The van der Waals surface area contributed by atoms with Crippen molar-refractivity contribution < 1.29 is 23.9 Å². The van der Waals surface area contributed by atoms with Gasteiger partial charge >= 0.3 is 5.97 Å². The highest BCUT2D eigenvalue weighted by atomic mass is 16.5. The monoisotopic (exact) mass is 1340 g/mol. The molecule has 0 aromatic carbocycles. The first-order valence-electron chi connectivity index (χ1n) is 41.8. The van der Waals surface area contributed by atoms with Crippen molar-refractivity contribution in [3.63, 3.8) is 0 Å². The summed E-state index contributed by atoms with van der Waals surface area (Å²) in [5.41, 5.74) is 6.19. The molecule has 0 aromatic heterocycles. The Labute approximate surface area is 598 Å². The van der Waals surface area contributed by atoms with Crippen LogP contribution < -0.4 is 0 Å². The number of carbonyl (C=O) groups excluding carboxylic acids is 4. The highest BCUT2D eigenvalue weighted by Gasteiger charge is 2.76. The first-order valence-corrected chi connectivity index (χ1v) is 41.8. The number of hydrogen-bond acceptors (Lipinski definition) is 5. The van der Waals surface area contributed by atoms with Crippen molar-refractivity contribution in [2.75, 3.05) is 7.11 Å². The highest BCUT2D eigenvalue weighted by molar-refractivity contribution is 5.83. The second kappa shape index (κ2) is 23.2. The second-order valence-electron chi connectivity index (χ2n) is 45.9. The average molecular weight is 1340 g/mol. The molecule has 15 fully saturated rings. The fourth-order valence-electron chi connectivity index (χ4n) is 33.8. The highest BCUT2D eigenvalue weighted by Crippen LogP contribution is 2.83. The summed E-state index contributed by atoms with van der Waals surface area (Å²) in [4.78, 5) is 51.6. The van der Waals surface area contributed by atoms with Crippen LogP contribution in [0.4, 0.5) is 0 Å². The fourth-order valence-corrected chi connectivity index (χ4v) is 33.8. The van der Waals surface area contributed by atoms with E-state index >= 15 is 0 Å². The van der Waals surface area contributed by atoms with E-state index in [1.165, 1.54) is 141 Å². The molecule has 0 aromatic rings. The largest absolute Gasteiger partial charge is 0.469 e. The van der Waals surface area contributed by atoms with Gasteiger partial charge in [0.05, 0.1) is 12.5 Å². The lowest BCUT2D eigenvalue weighted by Gasteiger charge is -2.74.